The van der Waals surface area contributed by atoms with Gasteiger partial charge < -0.3 is 19.9 Å². The third kappa shape index (κ3) is 5.36. The van der Waals surface area contributed by atoms with Crippen molar-refractivity contribution in [3.8, 4) is 0 Å². The molecule has 3 aromatic rings. The number of benzene rings is 1. The van der Waals surface area contributed by atoms with Crippen LogP contribution in [0.2, 0.25) is 0 Å². The molecule has 1 aliphatic heterocycles. The van der Waals surface area contributed by atoms with E-state index in [1.54, 1.807) is 29.2 Å². The maximum Gasteiger partial charge on any atom is 0.261 e. The van der Waals surface area contributed by atoms with Crippen molar-refractivity contribution in [1.82, 2.24) is 20.2 Å². The summed E-state index contributed by atoms with van der Waals surface area (Å²) in [4.78, 5) is 47.0. The molecule has 0 bridgehead atoms. The highest BCUT2D eigenvalue weighted by molar-refractivity contribution is 7.12. The van der Waals surface area contributed by atoms with Gasteiger partial charge in [-0.15, -0.1) is 11.3 Å². The number of aromatic nitrogens is 2. The average molecular weight is 441 g/mol. The number of H-pyrrole nitrogens is 1. The Morgan fingerprint density at radius 3 is 2.90 bits per heavy atom. The van der Waals surface area contributed by atoms with Crippen LogP contribution < -0.4 is 10.9 Å². The Bertz CT molecular complexity index is 1110. The van der Waals surface area contributed by atoms with Gasteiger partial charge in [-0.2, -0.15) is 0 Å². The normalized spacial score (nSPS) is 15.8. The molecule has 2 aromatic heterocycles. The second kappa shape index (κ2) is 9.84. The number of carbonyl (C=O) groups excluding carboxylic acids is 2. The molecular formula is C22H24N4O4S. The highest BCUT2D eigenvalue weighted by Gasteiger charge is 2.23. The van der Waals surface area contributed by atoms with Crippen LogP contribution in [0.1, 0.15) is 34.8 Å². The first-order chi connectivity index (χ1) is 15.1. The zero-order valence-electron chi connectivity index (χ0n) is 17.0. The van der Waals surface area contributed by atoms with Crippen LogP contribution >= 0.6 is 11.3 Å². The number of amides is 2. The summed E-state index contributed by atoms with van der Waals surface area (Å²) in [6.45, 7) is 1.53. The standard InChI is InChI=1S/C22H24N4O4S/c27-20(9-10-23-22(29)18-8-4-12-31-18)26(13-15-5-3-11-30-15)14-19-24-17-7-2-1-6-16(17)21(28)25-19/h1-2,4,6-8,12,15H,3,5,9-11,13-14H2,(H,23,29)(H,24,25,28). The van der Waals surface area contributed by atoms with Gasteiger partial charge in [0.15, 0.2) is 0 Å². The van der Waals surface area contributed by atoms with Crippen molar-refractivity contribution in [2.75, 3.05) is 19.7 Å². The molecule has 0 aliphatic carbocycles. The molecule has 2 amide bonds. The number of fused-ring (bicyclic) bond motifs is 1. The molecular weight excluding hydrogens is 416 g/mol. The largest absolute Gasteiger partial charge is 0.376 e. The van der Waals surface area contributed by atoms with Gasteiger partial charge in [-0.1, -0.05) is 18.2 Å². The van der Waals surface area contributed by atoms with Gasteiger partial charge in [0.05, 0.1) is 28.4 Å². The van der Waals surface area contributed by atoms with Crippen molar-refractivity contribution in [2.24, 2.45) is 0 Å². The third-order valence-electron chi connectivity index (χ3n) is 5.17. The van der Waals surface area contributed by atoms with E-state index in [-0.39, 0.29) is 43.0 Å². The molecule has 4 rings (SSSR count). The predicted molar refractivity (Wildman–Crippen MR) is 118 cm³/mol. The van der Waals surface area contributed by atoms with Crippen LogP contribution in [0.4, 0.5) is 0 Å². The number of aromatic amines is 1. The van der Waals surface area contributed by atoms with E-state index in [9.17, 15) is 14.4 Å². The van der Waals surface area contributed by atoms with Crippen LogP contribution in [-0.4, -0.2) is 52.5 Å². The number of carbonyl (C=O) groups is 2. The average Bonchev–Trinajstić information content (AvgIpc) is 3.47. The second-order valence-electron chi connectivity index (χ2n) is 7.42. The van der Waals surface area contributed by atoms with Crippen molar-refractivity contribution >= 4 is 34.1 Å². The molecule has 1 fully saturated rings. The highest BCUT2D eigenvalue weighted by atomic mass is 32.1. The number of para-hydroxylation sites is 1. The first kappa shape index (κ1) is 21.2. The van der Waals surface area contributed by atoms with E-state index in [1.165, 1.54) is 11.3 Å². The van der Waals surface area contributed by atoms with E-state index in [4.69, 9.17) is 4.74 Å². The van der Waals surface area contributed by atoms with Gasteiger partial charge in [0.25, 0.3) is 11.5 Å². The first-order valence-electron chi connectivity index (χ1n) is 10.3. The Kier molecular flexibility index (Phi) is 6.73. The minimum absolute atomic E-state index is 0.0307. The summed E-state index contributed by atoms with van der Waals surface area (Å²) in [6, 6.07) is 10.7. The first-order valence-corrected chi connectivity index (χ1v) is 11.2. The second-order valence-corrected chi connectivity index (χ2v) is 8.37. The molecule has 9 heteroatoms. The van der Waals surface area contributed by atoms with Gasteiger partial charge in [0.1, 0.15) is 5.82 Å². The molecule has 1 aliphatic rings. The van der Waals surface area contributed by atoms with Gasteiger partial charge in [-0.25, -0.2) is 4.98 Å². The molecule has 0 radical (unpaired) electrons. The van der Waals surface area contributed by atoms with E-state index in [0.29, 0.717) is 34.8 Å². The molecule has 162 valence electrons. The lowest BCUT2D eigenvalue weighted by Crippen LogP contribution is -2.39. The number of thiophene rings is 1. The van der Waals surface area contributed by atoms with Crippen molar-refractivity contribution in [3.63, 3.8) is 0 Å². The van der Waals surface area contributed by atoms with Gasteiger partial charge >= 0.3 is 0 Å². The van der Waals surface area contributed by atoms with Gasteiger partial charge in [0, 0.05) is 26.1 Å². The molecule has 0 saturated carbocycles. The topological polar surface area (TPSA) is 104 Å². The Balaban J connectivity index is 1.44. The summed E-state index contributed by atoms with van der Waals surface area (Å²) < 4.78 is 5.70. The number of nitrogens with one attached hydrogen (secondary N) is 2. The fraction of sp³-hybridized carbons (Fsp3) is 0.364. The number of hydrogen-bond donors (Lipinski definition) is 2. The Morgan fingerprint density at radius 1 is 1.26 bits per heavy atom. The number of ether oxygens (including phenoxy) is 1. The summed E-state index contributed by atoms with van der Waals surface area (Å²) >= 11 is 1.36. The Morgan fingerprint density at radius 2 is 2.13 bits per heavy atom. The molecule has 1 aromatic carbocycles. The van der Waals surface area contributed by atoms with Crippen LogP contribution in [0.25, 0.3) is 10.9 Å². The Labute approximate surface area is 183 Å². The van der Waals surface area contributed by atoms with Crippen LogP contribution in [0, 0.1) is 0 Å². The van der Waals surface area contributed by atoms with Crippen molar-refractivity contribution in [1.29, 1.82) is 0 Å². The van der Waals surface area contributed by atoms with Crippen molar-refractivity contribution in [2.45, 2.75) is 31.9 Å². The lowest BCUT2D eigenvalue weighted by Gasteiger charge is -2.25. The molecule has 2 N–H and O–H groups in total. The lowest BCUT2D eigenvalue weighted by molar-refractivity contribution is -0.133. The molecule has 1 saturated heterocycles. The predicted octanol–water partition coefficient (Wildman–Crippen LogP) is 2.31. The van der Waals surface area contributed by atoms with Crippen LogP contribution in [0.3, 0.4) is 0 Å². The molecule has 3 heterocycles. The van der Waals surface area contributed by atoms with Gasteiger partial charge in [-0.3, -0.25) is 14.4 Å². The van der Waals surface area contributed by atoms with E-state index < -0.39 is 0 Å². The van der Waals surface area contributed by atoms with Crippen LogP contribution in [0.5, 0.6) is 0 Å². The fourth-order valence-electron chi connectivity index (χ4n) is 3.62. The molecule has 31 heavy (non-hydrogen) atoms. The molecule has 1 atom stereocenters. The van der Waals surface area contributed by atoms with Gasteiger partial charge in [0.2, 0.25) is 5.91 Å². The molecule has 1 unspecified atom stereocenters. The van der Waals surface area contributed by atoms with E-state index in [2.05, 4.69) is 15.3 Å². The van der Waals surface area contributed by atoms with E-state index in [1.807, 2.05) is 17.5 Å². The highest BCUT2D eigenvalue weighted by Crippen LogP contribution is 2.16. The smallest absolute Gasteiger partial charge is 0.261 e. The molecule has 8 nitrogen and oxygen atoms in total. The summed E-state index contributed by atoms with van der Waals surface area (Å²) in [6.07, 6.45) is 1.98. The summed E-state index contributed by atoms with van der Waals surface area (Å²) in [5.41, 5.74) is 0.363. The van der Waals surface area contributed by atoms with Crippen LogP contribution in [-0.2, 0) is 16.1 Å². The van der Waals surface area contributed by atoms with Crippen molar-refractivity contribution < 1.29 is 14.3 Å². The zero-order chi connectivity index (χ0) is 21.6. The lowest BCUT2D eigenvalue weighted by atomic mass is 10.2. The SMILES string of the molecule is O=C(NCCC(=O)N(Cc1nc2ccccc2c(=O)[nH]1)CC1CCCO1)c1cccs1. The van der Waals surface area contributed by atoms with Gasteiger partial charge in [-0.05, 0) is 36.4 Å². The minimum Gasteiger partial charge on any atom is -0.376 e. The summed E-state index contributed by atoms with van der Waals surface area (Å²) in [5.74, 6) is 0.115. The minimum atomic E-state index is -0.228. The maximum atomic E-state index is 13.0. The fourth-order valence-corrected chi connectivity index (χ4v) is 4.26. The van der Waals surface area contributed by atoms with E-state index in [0.717, 1.165) is 12.8 Å². The number of hydrogen-bond acceptors (Lipinski definition) is 6. The summed E-state index contributed by atoms with van der Waals surface area (Å²) in [5, 5.41) is 5.13. The number of nitrogens with zero attached hydrogens (tertiary/aromatic N) is 2. The summed E-state index contributed by atoms with van der Waals surface area (Å²) in [7, 11) is 0. The third-order valence-corrected chi connectivity index (χ3v) is 6.04. The maximum absolute atomic E-state index is 13.0. The Hall–Kier alpha value is -3.04. The quantitative estimate of drug-likeness (QED) is 0.559. The van der Waals surface area contributed by atoms with Crippen molar-refractivity contribution in [3.05, 3.63) is 62.8 Å². The number of rotatable bonds is 8. The molecule has 0 spiro atoms. The zero-order valence-corrected chi connectivity index (χ0v) is 17.8. The monoisotopic (exact) mass is 440 g/mol. The van der Waals surface area contributed by atoms with Crippen LogP contribution in [0.15, 0.2) is 46.6 Å². The van der Waals surface area contributed by atoms with E-state index >= 15 is 0 Å².